The van der Waals surface area contributed by atoms with Crippen LogP contribution in [-0.4, -0.2) is 22.6 Å². The van der Waals surface area contributed by atoms with E-state index in [4.69, 9.17) is 5.11 Å². The number of carbonyl (C=O) groups is 1. The number of carboxylic acids is 1. The lowest BCUT2D eigenvalue weighted by atomic mass is 10.2. The monoisotopic (exact) mass is 194 g/mol. The van der Waals surface area contributed by atoms with E-state index in [-0.39, 0.29) is 5.92 Å². The maximum absolute atomic E-state index is 10.5. The summed E-state index contributed by atoms with van der Waals surface area (Å²) in [6.45, 7) is 2.85. The van der Waals surface area contributed by atoms with Gasteiger partial charge in [-0.25, -0.2) is 0 Å². The van der Waals surface area contributed by atoms with Crippen molar-refractivity contribution in [3.8, 4) is 0 Å². The van der Waals surface area contributed by atoms with Crippen LogP contribution in [0, 0.1) is 5.92 Å². The number of carboxylic acid groups (broad SMARTS) is 1. The van der Waals surface area contributed by atoms with Gasteiger partial charge in [-0.3, -0.25) is 9.78 Å². The first-order valence-electron chi connectivity index (χ1n) is 4.52. The molecule has 0 aliphatic heterocycles. The van der Waals surface area contributed by atoms with E-state index in [1.807, 2.05) is 12.1 Å². The largest absolute Gasteiger partial charge is 0.481 e. The molecule has 0 aromatic carbocycles. The highest BCUT2D eigenvalue weighted by Crippen LogP contribution is 1.96. The van der Waals surface area contributed by atoms with Crippen LogP contribution in [0.2, 0.25) is 0 Å². The molecule has 0 amide bonds. The van der Waals surface area contributed by atoms with Gasteiger partial charge < -0.3 is 10.4 Å². The average Bonchev–Trinajstić information content (AvgIpc) is 2.19. The van der Waals surface area contributed by atoms with Gasteiger partial charge in [0.1, 0.15) is 0 Å². The van der Waals surface area contributed by atoms with E-state index in [1.165, 1.54) is 0 Å². The zero-order chi connectivity index (χ0) is 10.4. The number of aliphatic carboxylic acids is 1. The second-order valence-corrected chi connectivity index (χ2v) is 3.23. The first-order valence-corrected chi connectivity index (χ1v) is 4.52. The predicted molar refractivity (Wildman–Crippen MR) is 52.7 cm³/mol. The lowest BCUT2D eigenvalue weighted by Crippen LogP contribution is -2.25. The van der Waals surface area contributed by atoms with E-state index in [1.54, 1.807) is 19.3 Å². The van der Waals surface area contributed by atoms with Gasteiger partial charge in [0.05, 0.1) is 5.92 Å². The van der Waals surface area contributed by atoms with Crippen LogP contribution in [-0.2, 0) is 11.3 Å². The highest BCUT2D eigenvalue weighted by molar-refractivity contribution is 5.69. The van der Waals surface area contributed by atoms with Crippen molar-refractivity contribution in [3.63, 3.8) is 0 Å². The molecule has 1 unspecified atom stereocenters. The van der Waals surface area contributed by atoms with Crippen molar-refractivity contribution < 1.29 is 9.90 Å². The number of aromatic nitrogens is 1. The Balaban J connectivity index is 2.26. The van der Waals surface area contributed by atoms with Crippen molar-refractivity contribution in [2.45, 2.75) is 13.5 Å². The van der Waals surface area contributed by atoms with Crippen LogP contribution in [0.4, 0.5) is 0 Å². The summed E-state index contributed by atoms with van der Waals surface area (Å²) in [7, 11) is 0. The Bertz CT molecular complexity index is 287. The van der Waals surface area contributed by atoms with E-state index in [0.717, 1.165) is 5.56 Å². The van der Waals surface area contributed by atoms with Gasteiger partial charge in [-0.1, -0.05) is 6.92 Å². The summed E-state index contributed by atoms with van der Waals surface area (Å²) in [4.78, 5) is 14.4. The van der Waals surface area contributed by atoms with Gasteiger partial charge in [0.15, 0.2) is 0 Å². The van der Waals surface area contributed by atoms with E-state index in [2.05, 4.69) is 10.3 Å². The fraction of sp³-hybridized carbons (Fsp3) is 0.400. The molecule has 4 nitrogen and oxygen atoms in total. The number of nitrogens with one attached hydrogen (secondary N) is 1. The topological polar surface area (TPSA) is 62.2 Å². The lowest BCUT2D eigenvalue weighted by molar-refractivity contribution is -0.140. The Morgan fingerprint density at radius 1 is 1.57 bits per heavy atom. The van der Waals surface area contributed by atoms with Crippen LogP contribution in [0.25, 0.3) is 0 Å². The smallest absolute Gasteiger partial charge is 0.307 e. The van der Waals surface area contributed by atoms with Crippen LogP contribution < -0.4 is 5.32 Å². The van der Waals surface area contributed by atoms with Crippen LogP contribution in [0.5, 0.6) is 0 Å². The van der Waals surface area contributed by atoms with Crippen LogP contribution in [0.15, 0.2) is 24.5 Å². The second-order valence-electron chi connectivity index (χ2n) is 3.23. The number of pyridine rings is 1. The minimum absolute atomic E-state index is 0.350. The summed E-state index contributed by atoms with van der Waals surface area (Å²) in [6, 6.07) is 3.80. The molecule has 0 saturated carbocycles. The molecule has 76 valence electrons. The maximum atomic E-state index is 10.5. The second kappa shape index (κ2) is 5.34. The van der Waals surface area contributed by atoms with E-state index in [0.29, 0.717) is 13.1 Å². The molecule has 0 aliphatic carbocycles. The molecule has 2 N–H and O–H groups in total. The lowest BCUT2D eigenvalue weighted by Gasteiger charge is -2.07. The Labute approximate surface area is 83.0 Å². The standard InChI is InChI=1S/C10H14N2O2/c1-8(10(13)14)6-12-7-9-2-4-11-5-3-9/h2-5,8,12H,6-7H2,1H3,(H,13,14). The van der Waals surface area contributed by atoms with Gasteiger partial charge >= 0.3 is 5.97 Å². The SMILES string of the molecule is CC(CNCc1ccncc1)C(=O)O. The van der Waals surface area contributed by atoms with E-state index >= 15 is 0 Å². The molecule has 0 bridgehead atoms. The minimum Gasteiger partial charge on any atom is -0.481 e. The van der Waals surface area contributed by atoms with Crippen LogP contribution >= 0.6 is 0 Å². The summed E-state index contributed by atoms with van der Waals surface area (Å²) in [6.07, 6.45) is 3.44. The molecule has 1 atom stereocenters. The van der Waals surface area contributed by atoms with Gasteiger partial charge in [0.25, 0.3) is 0 Å². The fourth-order valence-corrected chi connectivity index (χ4v) is 1.02. The van der Waals surface area contributed by atoms with Crippen molar-refractivity contribution in [3.05, 3.63) is 30.1 Å². The first kappa shape index (κ1) is 10.7. The molecule has 1 aromatic rings. The maximum Gasteiger partial charge on any atom is 0.307 e. The summed E-state index contributed by atoms with van der Waals surface area (Å²) in [5.74, 6) is -1.12. The molecule has 1 heterocycles. The third-order valence-electron chi connectivity index (χ3n) is 1.95. The van der Waals surface area contributed by atoms with E-state index in [9.17, 15) is 4.79 Å². The summed E-state index contributed by atoms with van der Waals surface area (Å²) in [5.41, 5.74) is 1.11. The normalized spacial score (nSPS) is 12.4. The Morgan fingerprint density at radius 2 is 2.21 bits per heavy atom. The molecule has 0 saturated heterocycles. The van der Waals surface area contributed by atoms with Crippen molar-refractivity contribution in [1.29, 1.82) is 0 Å². The molecule has 4 heteroatoms. The average molecular weight is 194 g/mol. The summed E-state index contributed by atoms with van der Waals surface area (Å²) < 4.78 is 0. The summed E-state index contributed by atoms with van der Waals surface area (Å²) >= 11 is 0. The number of nitrogens with zero attached hydrogens (tertiary/aromatic N) is 1. The Kier molecular flexibility index (Phi) is 4.07. The van der Waals surface area contributed by atoms with Crippen molar-refractivity contribution in [2.24, 2.45) is 5.92 Å². The third-order valence-corrected chi connectivity index (χ3v) is 1.95. The molecular weight excluding hydrogens is 180 g/mol. The predicted octanol–water partition coefficient (Wildman–Crippen LogP) is 0.892. The Hall–Kier alpha value is -1.42. The van der Waals surface area contributed by atoms with Gasteiger partial charge in [-0.2, -0.15) is 0 Å². The number of hydrogen-bond acceptors (Lipinski definition) is 3. The number of rotatable bonds is 5. The molecule has 1 aromatic heterocycles. The van der Waals surface area contributed by atoms with Crippen molar-refractivity contribution in [1.82, 2.24) is 10.3 Å². The highest BCUT2D eigenvalue weighted by atomic mass is 16.4. The quantitative estimate of drug-likeness (QED) is 0.730. The van der Waals surface area contributed by atoms with Gasteiger partial charge in [-0.15, -0.1) is 0 Å². The highest BCUT2D eigenvalue weighted by Gasteiger charge is 2.09. The zero-order valence-electron chi connectivity index (χ0n) is 8.10. The van der Waals surface area contributed by atoms with Crippen molar-refractivity contribution >= 4 is 5.97 Å². The van der Waals surface area contributed by atoms with Crippen molar-refractivity contribution in [2.75, 3.05) is 6.54 Å². The zero-order valence-corrected chi connectivity index (χ0v) is 8.10. The fourth-order valence-electron chi connectivity index (χ4n) is 1.02. The molecule has 14 heavy (non-hydrogen) atoms. The molecule has 0 aliphatic rings. The van der Waals surface area contributed by atoms with Crippen LogP contribution in [0.1, 0.15) is 12.5 Å². The van der Waals surface area contributed by atoms with E-state index < -0.39 is 5.97 Å². The minimum atomic E-state index is -0.771. The van der Waals surface area contributed by atoms with Gasteiger partial charge in [0.2, 0.25) is 0 Å². The van der Waals surface area contributed by atoms with Crippen LogP contribution in [0.3, 0.4) is 0 Å². The van der Waals surface area contributed by atoms with Gasteiger partial charge in [-0.05, 0) is 17.7 Å². The first-order chi connectivity index (χ1) is 6.70. The molecular formula is C10H14N2O2. The van der Waals surface area contributed by atoms with Gasteiger partial charge in [0, 0.05) is 25.5 Å². The molecule has 0 radical (unpaired) electrons. The molecule has 0 spiro atoms. The summed E-state index contributed by atoms with van der Waals surface area (Å²) in [5, 5.41) is 11.7. The Morgan fingerprint density at radius 3 is 2.79 bits per heavy atom. The molecule has 0 fully saturated rings. The third kappa shape index (κ3) is 3.53. The molecule has 1 rings (SSSR count). The number of hydrogen-bond donors (Lipinski definition) is 2.